The molecule has 1 saturated heterocycles. The molecule has 1 aliphatic heterocycles. The second-order valence-electron chi connectivity index (χ2n) is 4.07. The highest BCUT2D eigenvalue weighted by Crippen LogP contribution is 2.18. The van der Waals surface area contributed by atoms with Crippen LogP contribution in [0.15, 0.2) is 0 Å². The van der Waals surface area contributed by atoms with Gasteiger partial charge in [0.2, 0.25) is 0 Å². The van der Waals surface area contributed by atoms with Crippen LogP contribution in [-0.2, 0) is 4.74 Å². The van der Waals surface area contributed by atoms with Crippen LogP contribution in [0.3, 0.4) is 0 Å². The van der Waals surface area contributed by atoms with Gasteiger partial charge < -0.3 is 4.74 Å². The van der Waals surface area contributed by atoms with E-state index in [0.717, 1.165) is 6.42 Å². The summed E-state index contributed by atoms with van der Waals surface area (Å²) in [4.78, 5) is 0. The van der Waals surface area contributed by atoms with Crippen LogP contribution in [0.2, 0.25) is 0 Å². The van der Waals surface area contributed by atoms with E-state index in [1.54, 1.807) is 0 Å². The highest BCUT2D eigenvalue weighted by molar-refractivity contribution is 4.68. The Balaban J connectivity index is 1.68. The van der Waals surface area contributed by atoms with Crippen molar-refractivity contribution in [3.8, 4) is 0 Å². The van der Waals surface area contributed by atoms with Gasteiger partial charge in [-0.1, -0.05) is 58.3 Å². The molecule has 0 aromatic heterocycles. The zero-order chi connectivity index (χ0) is 10.2. The molecule has 1 rings (SSSR count). The Morgan fingerprint density at radius 1 is 1.08 bits per heavy atom. The molecule has 0 spiro atoms. The maximum atomic E-state index is 7.22. The minimum atomic E-state index is -0.181. The Kier molecular flexibility index (Phi) is 5.39. The van der Waals surface area contributed by atoms with Crippen LogP contribution < -0.4 is 0 Å². The van der Waals surface area contributed by atoms with Crippen molar-refractivity contribution in [1.29, 1.82) is 0 Å². The van der Waals surface area contributed by atoms with Gasteiger partial charge in [0.05, 0.1) is 14.1 Å². The van der Waals surface area contributed by atoms with Gasteiger partial charge in [0.25, 0.3) is 0 Å². The van der Waals surface area contributed by atoms with Crippen LogP contribution in [-0.4, -0.2) is 12.7 Å². The highest BCUT2D eigenvalue weighted by atomic mass is 16.6. The summed E-state index contributed by atoms with van der Waals surface area (Å²) < 4.78 is 12.3. The summed E-state index contributed by atoms with van der Waals surface area (Å²) in [5, 5.41) is 0. The largest absolute Gasteiger partial charge is 0.373 e. The minimum absolute atomic E-state index is 0.181. The second kappa shape index (κ2) is 7.37. The third-order valence-corrected chi connectivity index (χ3v) is 2.67. The lowest BCUT2D eigenvalue weighted by molar-refractivity contribution is 0.387. The fourth-order valence-electron chi connectivity index (χ4n) is 1.67. The summed E-state index contributed by atoms with van der Waals surface area (Å²) in [6.07, 6.45) is 12.3. The van der Waals surface area contributed by atoms with Gasteiger partial charge in [0.15, 0.2) is 0 Å². The molecule has 1 fully saturated rings. The van der Waals surface area contributed by atoms with Crippen molar-refractivity contribution >= 4 is 0 Å². The number of epoxide rings is 1. The highest BCUT2D eigenvalue weighted by Gasteiger charge is 2.20. The first-order chi connectivity index (χ1) is 6.84. The van der Waals surface area contributed by atoms with Gasteiger partial charge in [-0.3, -0.25) is 0 Å². The van der Waals surface area contributed by atoms with Gasteiger partial charge in [-0.05, 0) is 6.42 Å². The molecule has 78 valence electrons. The van der Waals surface area contributed by atoms with E-state index in [1.165, 1.54) is 51.4 Å². The molecule has 1 nitrogen and oxygen atoms in total. The molecule has 0 aliphatic carbocycles. The van der Waals surface area contributed by atoms with Crippen LogP contribution in [0, 0.1) is 0 Å². The Bertz CT molecular complexity index is 138. The SMILES string of the molecule is [2H][C@@H]1O[C@H]1CCCCCCCCCC. The number of unbranched alkanes of at least 4 members (excludes halogenated alkanes) is 7. The summed E-state index contributed by atoms with van der Waals surface area (Å²) in [6.45, 7) is 2.08. The van der Waals surface area contributed by atoms with E-state index in [2.05, 4.69) is 6.92 Å². The van der Waals surface area contributed by atoms with Crippen molar-refractivity contribution in [2.24, 2.45) is 0 Å². The lowest BCUT2D eigenvalue weighted by atomic mass is 10.1. The Hall–Kier alpha value is -0.0400. The van der Waals surface area contributed by atoms with E-state index >= 15 is 0 Å². The van der Waals surface area contributed by atoms with Crippen molar-refractivity contribution in [3.63, 3.8) is 0 Å². The average molecular weight is 185 g/mol. The fraction of sp³-hybridized carbons (Fsp3) is 1.00. The third kappa shape index (κ3) is 7.06. The summed E-state index contributed by atoms with van der Waals surface area (Å²) in [5.41, 5.74) is 0. The van der Waals surface area contributed by atoms with Crippen LogP contribution in [0.5, 0.6) is 0 Å². The first-order valence-corrected chi connectivity index (χ1v) is 5.92. The van der Waals surface area contributed by atoms with E-state index in [-0.39, 0.29) is 12.7 Å². The first kappa shape index (κ1) is 9.51. The molecule has 13 heavy (non-hydrogen) atoms. The number of ether oxygens (including phenoxy) is 1. The number of rotatable bonds is 9. The van der Waals surface area contributed by atoms with E-state index < -0.39 is 0 Å². The van der Waals surface area contributed by atoms with Crippen LogP contribution in [0.1, 0.15) is 66.1 Å². The molecule has 2 atom stereocenters. The molecule has 0 aromatic rings. The van der Waals surface area contributed by atoms with Gasteiger partial charge >= 0.3 is 0 Å². The molecular weight excluding hydrogens is 160 g/mol. The summed E-state index contributed by atoms with van der Waals surface area (Å²) in [7, 11) is 0. The predicted octanol–water partition coefficient (Wildman–Crippen LogP) is 3.92. The maximum Gasteiger partial charge on any atom is 0.0810 e. The molecule has 0 saturated carbocycles. The Morgan fingerprint density at radius 3 is 2.15 bits per heavy atom. The zero-order valence-electron chi connectivity index (χ0n) is 9.93. The van der Waals surface area contributed by atoms with Crippen molar-refractivity contribution in [3.05, 3.63) is 0 Å². The van der Waals surface area contributed by atoms with Crippen molar-refractivity contribution < 1.29 is 6.11 Å². The van der Waals surface area contributed by atoms with Crippen molar-refractivity contribution in [2.45, 2.75) is 70.8 Å². The summed E-state index contributed by atoms with van der Waals surface area (Å²) >= 11 is 0. The van der Waals surface area contributed by atoms with Crippen LogP contribution >= 0.6 is 0 Å². The number of hydrogen-bond acceptors (Lipinski definition) is 1. The van der Waals surface area contributed by atoms with E-state index in [9.17, 15) is 0 Å². The van der Waals surface area contributed by atoms with Crippen LogP contribution in [0.4, 0.5) is 0 Å². The van der Waals surface area contributed by atoms with Gasteiger partial charge in [-0.25, -0.2) is 0 Å². The fourth-order valence-corrected chi connectivity index (χ4v) is 1.67. The minimum Gasteiger partial charge on any atom is -0.373 e. The lowest BCUT2D eigenvalue weighted by Crippen LogP contribution is -1.85. The predicted molar refractivity (Wildman–Crippen MR) is 57.0 cm³/mol. The smallest absolute Gasteiger partial charge is 0.0810 e. The molecule has 0 unspecified atom stereocenters. The topological polar surface area (TPSA) is 12.5 Å². The van der Waals surface area contributed by atoms with Crippen molar-refractivity contribution in [2.75, 3.05) is 6.58 Å². The monoisotopic (exact) mass is 185 g/mol. The standard InChI is InChI=1S/C12H24O/c1-2-3-4-5-6-7-8-9-10-12-11-13-12/h12H,2-11H2,1H3/t12-/m0/s1/i11D/t11-,12-. The lowest BCUT2D eigenvalue weighted by Gasteiger charge is -1.99. The second-order valence-corrected chi connectivity index (χ2v) is 4.07. The van der Waals surface area contributed by atoms with E-state index in [0.29, 0.717) is 0 Å². The molecule has 0 radical (unpaired) electrons. The molecular formula is C12H24O. The van der Waals surface area contributed by atoms with Gasteiger partial charge in [-0.15, -0.1) is 0 Å². The van der Waals surface area contributed by atoms with Gasteiger partial charge in [0, 0.05) is 0 Å². The Labute approximate surface area is 84.3 Å². The number of hydrogen-bond donors (Lipinski definition) is 0. The molecule has 1 heteroatoms. The third-order valence-electron chi connectivity index (χ3n) is 2.67. The van der Waals surface area contributed by atoms with E-state index in [4.69, 9.17) is 6.11 Å². The molecule has 1 heterocycles. The zero-order valence-corrected chi connectivity index (χ0v) is 8.93. The van der Waals surface area contributed by atoms with Crippen molar-refractivity contribution in [1.82, 2.24) is 0 Å². The molecule has 0 amide bonds. The van der Waals surface area contributed by atoms with E-state index in [1.807, 2.05) is 0 Å². The molecule has 0 N–H and O–H groups in total. The summed E-state index contributed by atoms with van der Waals surface area (Å²) in [5.74, 6) is 0. The van der Waals surface area contributed by atoms with Gasteiger partial charge in [-0.2, -0.15) is 0 Å². The quantitative estimate of drug-likeness (QED) is 0.392. The maximum absolute atomic E-state index is 7.22. The molecule has 1 aliphatic rings. The molecule has 0 aromatic carbocycles. The van der Waals surface area contributed by atoms with Crippen LogP contribution in [0.25, 0.3) is 0 Å². The molecule has 0 bridgehead atoms. The van der Waals surface area contributed by atoms with Gasteiger partial charge in [0.1, 0.15) is 0 Å². The first-order valence-electron chi connectivity index (χ1n) is 6.50. The Morgan fingerprint density at radius 2 is 1.62 bits per heavy atom. The summed E-state index contributed by atoms with van der Waals surface area (Å²) in [6, 6.07) is 0. The normalized spacial score (nSPS) is 27.3. The average Bonchev–Trinajstić information content (AvgIpc) is 2.87.